The molecular weight excluding hydrogens is 380 g/mol. The minimum atomic E-state index is -0.179. The van der Waals surface area contributed by atoms with Crippen molar-refractivity contribution in [1.82, 2.24) is 19.6 Å². The molecule has 0 unspecified atom stereocenters. The number of nitrogens with one attached hydrogen (secondary N) is 1. The summed E-state index contributed by atoms with van der Waals surface area (Å²) in [6, 6.07) is 6.10. The number of ether oxygens (including phenoxy) is 1. The van der Waals surface area contributed by atoms with Gasteiger partial charge in [-0.25, -0.2) is 4.98 Å². The summed E-state index contributed by atoms with van der Waals surface area (Å²) in [6.45, 7) is 3.62. The van der Waals surface area contributed by atoms with Crippen molar-refractivity contribution < 1.29 is 9.53 Å². The van der Waals surface area contributed by atoms with Gasteiger partial charge in [0.2, 0.25) is 0 Å². The maximum atomic E-state index is 12.0. The molecule has 4 rings (SSSR count). The van der Waals surface area contributed by atoms with E-state index in [4.69, 9.17) is 9.72 Å². The van der Waals surface area contributed by atoms with Crippen molar-refractivity contribution in [3.63, 3.8) is 0 Å². The first kappa shape index (κ1) is 20.1. The predicted molar refractivity (Wildman–Crippen MR) is 116 cm³/mol. The Morgan fingerprint density at radius 2 is 2.23 bits per heavy atom. The van der Waals surface area contributed by atoms with Gasteiger partial charge in [0.25, 0.3) is 0 Å². The first-order valence-corrected chi connectivity index (χ1v) is 10.5. The van der Waals surface area contributed by atoms with Gasteiger partial charge in [-0.05, 0) is 37.3 Å². The van der Waals surface area contributed by atoms with Gasteiger partial charge in [0.05, 0.1) is 19.7 Å². The summed E-state index contributed by atoms with van der Waals surface area (Å²) in [7, 11) is 1.44. The van der Waals surface area contributed by atoms with Crippen molar-refractivity contribution >= 4 is 23.3 Å². The molecule has 0 radical (unpaired) electrons. The Morgan fingerprint density at radius 3 is 3.00 bits per heavy atom. The van der Waals surface area contributed by atoms with Crippen LogP contribution in [0.15, 0.2) is 36.8 Å². The van der Waals surface area contributed by atoms with Gasteiger partial charge in [-0.3, -0.25) is 9.78 Å². The van der Waals surface area contributed by atoms with E-state index in [0.29, 0.717) is 13.0 Å². The number of carbonyl (C=O) groups is 1. The molecule has 1 aliphatic heterocycles. The van der Waals surface area contributed by atoms with E-state index in [1.807, 2.05) is 35.1 Å². The molecule has 1 atom stereocenters. The number of hydrogen-bond acceptors (Lipinski definition) is 7. The molecule has 0 bridgehead atoms. The van der Waals surface area contributed by atoms with Crippen molar-refractivity contribution in [2.45, 2.75) is 51.6 Å². The summed E-state index contributed by atoms with van der Waals surface area (Å²) in [5.74, 6) is 1.57. The highest BCUT2D eigenvalue weighted by Gasteiger charge is 2.27. The second-order valence-electron chi connectivity index (χ2n) is 7.60. The van der Waals surface area contributed by atoms with Crippen molar-refractivity contribution in [3.05, 3.63) is 47.9 Å². The molecule has 0 aliphatic carbocycles. The number of esters is 1. The molecule has 4 heterocycles. The van der Waals surface area contributed by atoms with Crippen LogP contribution in [0.25, 0.3) is 5.65 Å². The van der Waals surface area contributed by atoms with E-state index >= 15 is 0 Å². The quantitative estimate of drug-likeness (QED) is 0.601. The lowest BCUT2D eigenvalue weighted by molar-refractivity contribution is -0.141. The maximum absolute atomic E-state index is 12.0. The maximum Gasteiger partial charge on any atom is 0.307 e. The number of rotatable bonds is 7. The summed E-state index contributed by atoms with van der Waals surface area (Å²) in [5, 5.41) is 8.04. The van der Waals surface area contributed by atoms with Crippen molar-refractivity contribution in [1.29, 1.82) is 0 Å². The van der Waals surface area contributed by atoms with Crippen LogP contribution in [-0.4, -0.2) is 45.2 Å². The monoisotopic (exact) mass is 408 g/mol. The van der Waals surface area contributed by atoms with E-state index < -0.39 is 0 Å². The number of pyridine rings is 1. The Balaban J connectivity index is 1.69. The van der Waals surface area contributed by atoms with Crippen molar-refractivity contribution in [3.8, 4) is 0 Å². The summed E-state index contributed by atoms with van der Waals surface area (Å²) >= 11 is 0. The number of aromatic nitrogens is 4. The molecule has 158 valence electrons. The van der Waals surface area contributed by atoms with Gasteiger partial charge in [0.1, 0.15) is 11.6 Å². The first-order chi connectivity index (χ1) is 14.7. The van der Waals surface area contributed by atoms with Crippen LogP contribution in [0.4, 0.5) is 11.6 Å². The third-order valence-corrected chi connectivity index (χ3v) is 5.66. The van der Waals surface area contributed by atoms with Gasteiger partial charge in [0.15, 0.2) is 5.65 Å². The molecule has 1 aliphatic rings. The Labute approximate surface area is 176 Å². The topological polar surface area (TPSA) is 84.7 Å². The van der Waals surface area contributed by atoms with E-state index in [1.165, 1.54) is 7.11 Å². The molecule has 8 nitrogen and oxygen atoms in total. The zero-order chi connectivity index (χ0) is 20.9. The van der Waals surface area contributed by atoms with Gasteiger partial charge in [-0.2, -0.15) is 9.61 Å². The highest BCUT2D eigenvalue weighted by Crippen LogP contribution is 2.29. The number of fused-ring (bicyclic) bond motifs is 1. The van der Waals surface area contributed by atoms with Crippen molar-refractivity contribution in [2.24, 2.45) is 0 Å². The molecule has 0 spiro atoms. The Bertz CT molecular complexity index is 1000. The third kappa shape index (κ3) is 4.22. The van der Waals surface area contributed by atoms with Gasteiger partial charge >= 0.3 is 5.97 Å². The van der Waals surface area contributed by atoms with Crippen LogP contribution in [0.5, 0.6) is 0 Å². The molecular formula is C22H28N6O2. The largest absolute Gasteiger partial charge is 0.469 e. The smallest absolute Gasteiger partial charge is 0.307 e. The second-order valence-corrected chi connectivity index (χ2v) is 7.60. The van der Waals surface area contributed by atoms with Crippen LogP contribution in [0.2, 0.25) is 0 Å². The molecule has 0 amide bonds. The van der Waals surface area contributed by atoms with Gasteiger partial charge < -0.3 is 15.0 Å². The highest BCUT2D eigenvalue weighted by atomic mass is 16.5. The van der Waals surface area contributed by atoms with Gasteiger partial charge in [-0.1, -0.05) is 13.0 Å². The molecule has 1 fully saturated rings. The van der Waals surface area contributed by atoms with E-state index in [9.17, 15) is 4.79 Å². The molecule has 0 saturated carbocycles. The number of piperidine rings is 1. The van der Waals surface area contributed by atoms with Crippen LogP contribution in [0, 0.1) is 0 Å². The lowest BCUT2D eigenvalue weighted by atomic mass is 9.99. The minimum absolute atomic E-state index is 0.0975. The van der Waals surface area contributed by atoms with E-state index in [0.717, 1.165) is 60.6 Å². The molecule has 1 N–H and O–H groups in total. The molecule has 0 aromatic carbocycles. The number of carbonyl (C=O) groups excluding carboxylic acids is 1. The van der Waals surface area contributed by atoms with Crippen LogP contribution < -0.4 is 10.2 Å². The lowest BCUT2D eigenvalue weighted by Crippen LogP contribution is -2.41. The molecule has 3 aromatic rings. The third-order valence-electron chi connectivity index (χ3n) is 5.66. The fourth-order valence-corrected chi connectivity index (χ4v) is 4.00. The zero-order valence-electron chi connectivity index (χ0n) is 17.5. The standard InChI is InChI=1S/C22H28N6O2/c1-3-17-15-25-28-19(24-14-16-7-6-9-23-13-16)12-20(26-22(17)28)27-10-5-4-8-18(27)11-21(29)30-2/h6-7,9,12-13,15,18,24H,3-5,8,10-11,14H2,1-2H3/t18-/m0/s1. The average molecular weight is 409 g/mol. The molecule has 30 heavy (non-hydrogen) atoms. The normalized spacial score (nSPS) is 16.6. The van der Waals surface area contributed by atoms with Crippen LogP contribution in [-0.2, 0) is 22.5 Å². The van der Waals surface area contributed by atoms with Crippen molar-refractivity contribution in [2.75, 3.05) is 23.9 Å². The van der Waals surface area contributed by atoms with E-state index in [1.54, 1.807) is 6.20 Å². The van der Waals surface area contributed by atoms with Crippen LogP contribution in [0.3, 0.4) is 0 Å². The summed E-state index contributed by atoms with van der Waals surface area (Å²) in [4.78, 5) is 23.3. The van der Waals surface area contributed by atoms with Gasteiger partial charge in [-0.15, -0.1) is 0 Å². The Hall–Kier alpha value is -3.16. The Kier molecular flexibility index (Phi) is 6.11. The van der Waals surface area contributed by atoms with Crippen LogP contribution >= 0.6 is 0 Å². The zero-order valence-corrected chi connectivity index (χ0v) is 17.5. The molecule has 8 heteroatoms. The molecule has 1 saturated heterocycles. The average Bonchev–Trinajstić information content (AvgIpc) is 3.21. The highest BCUT2D eigenvalue weighted by molar-refractivity contribution is 5.71. The molecule has 3 aromatic heterocycles. The number of methoxy groups -OCH3 is 1. The minimum Gasteiger partial charge on any atom is -0.469 e. The fourth-order valence-electron chi connectivity index (χ4n) is 4.00. The lowest BCUT2D eigenvalue weighted by Gasteiger charge is -2.36. The fraction of sp³-hybridized carbons (Fsp3) is 0.455. The first-order valence-electron chi connectivity index (χ1n) is 10.5. The number of hydrogen-bond donors (Lipinski definition) is 1. The van der Waals surface area contributed by atoms with E-state index in [-0.39, 0.29) is 12.0 Å². The predicted octanol–water partition coefficient (Wildman–Crippen LogP) is 3.22. The van der Waals surface area contributed by atoms with Gasteiger partial charge in [0, 0.05) is 43.2 Å². The number of aryl methyl sites for hydroxylation is 1. The summed E-state index contributed by atoms with van der Waals surface area (Å²) in [5.41, 5.74) is 3.04. The van der Waals surface area contributed by atoms with Crippen LogP contribution in [0.1, 0.15) is 43.7 Å². The van der Waals surface area contributed by atoms with E-state index in [2.05, 4.69) is 27.2 Å². The summed E-state index contributed by atoms with van der Waals surface area (Å²) in [6.07, 6.45) is 9.89. The second kappa shape index (κ2) is 9.11. The SMILES string of the molecule is CCc1cnn2c(NCc3cccnc3)cc(N3CCCC[C@H]3CC(=O)OC)nc12. The number of nitrogens with zero attached hydrogens (tertiary/aromatic N) is 5. The Morgan fingerprint density at radius 1 is 1.33 bits per heavy atom. The summed E-state index contributed by atoms with van der Waals surface area (Å²) < 4.78 is 6.78. The number of anilines is 2.